The fraction of sp³-hybridized carbons (Fsp3) is 0.579. The van der Waals surface area contributed by atoms with Gasteiger partial charge in [0, 0.05) is 17.4 Å². The Bertz CT molecular complexity index is 577. The molecule has 138 valence electrons. The normalized spacial score (nSPS) is 30.7. The van der Waals surface area contributed by atoms with Crippen LogP contribution in [0.5, 0.6) is 0 Å². The first-order chi connectivity index (χ1) is 12.2. The van der Waals surface area contributed by atoms with Crippen LogP contribution in [0.1, 0.15) is 31.6 Å². The van der Waals surface area contributed by atoms with Gasteiger partial charge in [-0.2, -0.15) is 0 Å². The second kappa shape index (κ2) is 8.85. The number of allylic oxidation sites excluding steroid dienone is 1. The van der Waals surface area contributed by atoms with E-state index in [2.05, 4.69) is 6.08 Å². The van der Waals surface area contributed by atoms with Gasteiger partial charge < -0.3 is 18.9 Å². The topological polar surface area (TPSA) is 36.9 Å². The lowest BCUT2D eigenvalue weighted by atomic mass is 10.0. The van der Waals surface area contributed by atoms with Gasteiger partial charge in [-0.05, 0) is 31.9 Å². The number of benzene rings is 1. The van der Waals surface area contributed by atoms with Crippen LogP contribution in [-0.4, -0.2) is 32.7 Å². The lowest BCUT2D eigenvalue weighted by Gasteiger charge is -2.32. The van der Waals surface area contributed by atoms with Crippen LogP contribution >= 0.6 is 0 Å². The second-order valence-electron chi connectivity index (χ2n) is 6.50. The van der Waals surface area contributed by atoms with Crippen LogP contribution in [0.15, 0.2) is 30.4 Å². The highest BCUT2D eigenvalue weighted by atomic mass is 19.2. The summed E-state index contributed by atoms with van der Waals surface area (Å²) in [6, 6.07) is 3.68. The molecule has 0 N–H and O–H groups in total. The van der Waals surface area contributed by atoms with Crippen molar-refractivity contribution in [3.63, 3.8) is 0 Å². The number of rotatable bonds is 5. The van der Waals surface area contributed by atoms with Gasteiger partial charge in [0.15, 0.2) is 24.2 Å². The lowest BCUT2D eigenvalue weighted by Crippen LogP contribution is -2.33. The summed E-state index contributed by atoms with van der Waals surface area (Å²) in [5.41, 5.74) is 0.492. The van der Waals surface area contributed by atoms with Crippen LogP contribution in [0.3, 0.4) is 0 Å². The van der Waals surface area contributed by atoms with Crippen molar-refractivity contribution >= 4 is 0 Å². The molecule has 0 aliphatic carbocycles. The molecule has 0 atom stereocenters. The van der Waals surface area contributed by atoms with Crippen molar-refractivity contribution in [2.24, 2.45) is 11.8 Å². The Morgan fingerprint density at radius 3 is 2.32 bits per heavy atom. The van der Waals surface area contributed by atoms with Crippen molar-refractivity contribution in [3.8, 4) is 0 Å². The molecule has 0 unspecified atom stereocenters. The first-order valence-corrected chi connectivity index (χ1v) is 8.70. The molecule has 1 aromatic rings. The largest absolute Gasteiger partial charge is 0.352 e. The third-order valence-electron chi connectivity index (χ3n) is 4.45. The Labute approximate surface area is 146 Å². The Morgan fingerprint density at radius 1 is 0.960 bits per heavy atom. The lowest BCUT2D eigenvalue weighted by molar-refractivity contribution is -0.217. The Hall–Kier alpha value is -1.34. The number of halogens is 2. The third-order valence-corrected chi connectivity index (χ3v) is 4.45. The molecule has 2 aliphatic heterocycles. The van der Waals surface area contributed by atoms with Crippen LogP contribution in [0.4, 0.5) is 8.78 Å². The molecule has 1 aromatic carbocycles. The summed E-state index contributed by atoms with van der Waals surface area (Å²) in [6.45, 7) is 4.38. The van der Waals surface area contributed by atoms with E-state index in [4.69, 9.17) is 18.9 Å². The molecule has 3 rings (SSSR count). The van der Waals surface area contributed by atoms with Crippen molar-refractivity contribution in [3.05, 3.63) is 47.5 Å². The molecule has 0 spiro atoms. The molecule has 0 amide bonds. The van der Waals surface area contributed by atoms with Crippen molar-refractivity contribution in [1.82, 2.24) is 0 Å². The maximum atomic E-state index is 13.3. The van der Waals surface area contributed by atoms with Crippen LogP contribution in [-0.2, 0) is 18.9 Å². The molecule has 0 aromatic heterocycles. The number of ether oxygens (including phenoxy) is 4. The van der Waals surface area contributed by atoms with Crippen LogP contribution in [0, 0.1) is 23.5 Å². The van der Waals surface area contributed by atoms with E-state index in [0.717, 1.165) is 25.0 Å². The second-order valence-corrected chi connectivity index (χ2v) is 6.50. The zero-order valence-corrected chi connectivity index (χ0v) is 14.3. The first-order valence-electron chi connectivity index (χ1n) is 8.70. The average molecular weight is 354 g/mol. The van der Waals surface area contributed by atoms with E-state index in [1.54, 1.807) is 0 Å². The summed E-state index contributed by atoms with van der Waals surface area (Å²) >= 11 is 0. The van der Waals surface area contributed by atoms with E-state index in [1.165, 1.54) is 6.07 Å². The van der Waals surface area contributed by atoms with Crippen molar-refractivity contribution in [1.29, 1.82) is 0 Å². The van der Waals surface area contributed by atoms with Gasteiger partial charge in [0.1, 0.15) is 0 Å². The molecule has 4 nitrogen and oxygen atoms in total. The minimum atomic E-state index is -0.894. The van der Waals surface area contributed by atoms with E-state index < -0.39 is 17.9 Å². The van der Waals surface area contributed by atoms with Gasteiger partial charge in [-0.3, -0.25) is 0 Å². The van der Waals surface area contributed by atoms with E-state index in [1.807, 2.05) is 13.0 Å². The van der Waals surface area contributed by atoms with Gasteiger partial charge in [-0.1, -0.05) is 18.2 Å². The summed E-state index contributed by atoms with van der Waals surface area (Å²) in [6.07, 6.45) is 4.94. The highest BCUT2D eigenvalue weighted by molar-refractivity contribution is 5.19. The molecule has 6 heteroatoms. The predicted molar refractivity (Wildman–Crippen MR) is 87.7 cm³/mol. The minimum absolute atomic E-state index is 0.176. The van der Waals surface area contributed by atoms with Gasteiger partial charge in [0.25, 0.3) is 0 Å². The fourth-order valence-corrected chi connectivity index (χ4v) is 3.04. The van der Waals surface area contributed by atoms with Gasteiger partial charge >= 0.3 is 0 Å². The summed E-state index contributed by atoms with van der Waals surface area (Å²) in [7, 11) is 0. The smallest absolute Gasteiger partial charge is 0.183 e. The zero-order chi connectivity index (χ0) is 17.6. The maximum Gasteiger partial charge on any atom is 0.183 e. The number of hydrogen-bond acceptors (Lipinski definition) is 4. The van der Waals surface area contributed by atoms with Crippen molar-refractivity contribution in [2.75, 3.05) is 26.4 Å². The zero-order valence-electron chi connectivity index (χ0n) is 14.3. The molecule has 2 heterocycles. The monoisotopic (exact) mass is 354 g/mol. The summed E-state index contributed by atoms with van der Waals surface area (Å²) in [5.74, 6) is -1.20. The quantitative estimate of drug-likeness (QED) is 0.750. The maximum absolute atomic E-state index is 13.3. The van der Waals surface area contributed by atoms with Gasteiger partial charge in [-0.15, -0.1) is 0 Å². The molecule has 2 aliphatic rings. The Balaban J connectivity index is 1.39. The Morgan fingerprint density at radius 2 is 1.68 bits per heavy atom. The third kappa shape index (κ3) is 5.07. The highest BCUT2D eigenvalue weighted by Gasteiger charge is 2.26. The van der Waals surface area contributed by atoms with Crippen LogP contribution in [0.2, 0.25) is 0 Å². The van der Waals surface area contributed by atoms with E-state index in [0.29, 0.717) is 37.9 Å². The van der Waals surface area contributed by atoms with Gasteiger partial charge in [0.2, 0.25) is 0 Å². The molecular formula is C19H24F2O4. The van der Waals surface area contributed by atoms with Gasteiger partial charge in [-0.25, -0.2) is 8.78 Å². The molecule has 0 bridgehead atoms. The van der Waals surface area contributed by atoms with E-state index in [9.17, 15) is 8.78 Å². The first kappa shape index (κ1) is 18.5. The van der Waals surface area contributed by atoms with Crippen molar-refractivity contribution < 1.29 is 27.7 Å². The molecule has 25 heavy (non-hydrogen) atoms. The molecule has 2 saturated heterocycles. The van der Waals surface area contributed by atoms with E-state index >= 15 is 0 Å². The summed E-state index contributed by atoms with van der Waals surface area (Å²) in [4.78, 5) is 0. The van der Waals surface area contributed by atoms with E-state index in [-0.39, 0.29) is 12.2 Å². The van der Waals surface area contributed by atoms with Crippen molar-refractivity contribution in [2.45, 2.75) is 32.3 Å². The van der Waals surface area contributed by atoms with Crippen LogP contribution < -0.4 is 0 Å². The summed E-state index contributed by atoms with van der Waals surface area (Å²) in [5, 5.41) is 0. The van der Waals surface area contributed by atoms with Gasteiger partial charge in [0.05, 0.1) is 26.4 Å². The molecule has 0 radical (unpaired) electrons. The van der Waals surface area contributed by atoms with Crippen LogP contribution in [0.25, 0.3) is 0 Å². The minimum Gasteiger partial charge on any atom is -0.352 e. The molecule has 2 fully saturated rings. The Kier molecular flexibility index (Phi) is 6.53. The molecular weight excluding hydrogens is 330 g/mol. The molecule has 0 saturated carbocycles. The highest BCUT2D eigenvalue weighted by Crippen LogP contribution is 2.28. The predicted octanol–water partition coefficient (Wildman–Crippen LogP) is 3.97. The SMILES string of the molecule is C/C=C\[C@H]1CO[C@H](CCC2COC(c3ccc(F)c(F)c3)OC2)OC1. The summed E-state index contributed by atoms with van der Waals surface area (Å²) < 4.78 is 49.0. The number of hydrogen-bond donors (Lipinski definition) is 0. The average Bonchev–Trinajstić information content (AvgIpc) is 2.64. The standard InChI is InChI=1S/C19H24F2O4/c1-2-3-13-9-22-18(23-10-13)7-4-14-11-24-19(25-12-14)15-5-6-16(20)17(21)8-15/h2-3,5-6,8,13-14,18-19H,4,7,9-12H2,1H3/b3-2-/t13-,14?,18-,19?. The fourth-order valence-electron chi connectivity index (χ4n) is 3.04.